The Morgan fingerprint density at radius 1 is 0.591 bits per heavy atom. The van der Waals surface area contributed by atoms with Crippen LogP contribution in [0.4, 0.5) is 0 Å². The second-order valence-electron chi connectivity index (χ2n) is 5.65. The minimum atomic E-state index is 0.941. The van der Waals surface area contributed by atoms with E-state index in [-0.39, 0.29) is 0 Å². The summed E-state index contributed by atoms with van der Waals surface area (Å²) in [5, 5.41) is 5.17. The van der Waals surface area contributed by atoms with Crippen LogP contribution < -0.4 is 0 Å². The lowest BCUT2D eigenvalue weighted by Gasteiger charge is -2.08. The fourth-order valence-electron chi connectivity index (χ4n) is 2.96. The van der Waals surface area contributed by atoms with Gasteiger partial charge in [-0.15, -0.1) is 0 Å². The Morgan fingerprint density at radius 3 is 1.91 bits per heavy atom. The van der Waals surface area contributed by atoms with Gasteiger partial charge in [-0.25, -0.2) is 0 Å². The molecule has 1 heteroatoms. The van der Waals surface area contributed by atoms with E-state index in [9.17, 15) is 0 Å². The van der Waals surface area contributed by atoms with E-state index >= 15 is 0 Å². The predicted octanol–water partition coefficient (Wildman–Crippen LogP) is 6.35. The van der Waals surface area contributed by atoms with Crippen LogP contribution in [0.25, 0.3) is 21.5 Å². The maximum absolute atomic E-state index is 3.72. The molecule has 0 atom stereocenters. The van der Waals surface area contributed by atoms with Crippen molar-refractivity contribution >= 4 is 37.5 Å². The number of benzene rings is 4. The first-order valence-electron chi connectivity index (χ1n) is 7.44. The summed E-state index contributed by atoms with van der Waals surface area (Å²) in [7, 11) is 0. The van der Waals surface area contributed by atoms with Crippen LogP contribution in [0.3, 0.4) is 0 Å². The van der Waals surface area contributed by atoms with Crippen molar-refractivity contribution in [3.05, 3.63) is 94.5 Å². The second kappa shape index (κ2) is 5.58. The second-order valence-corrected chi connectivity index (χ2v) is 6.50. The molecule has 0 fully saturated rings. The molecule has 0 saturated carbocycles. The van der Waals surface area contributed by atoms with Gasteiger partial charge >= 0.3 is 0 Å². The summed E-state index contributed by atoms with van der Waals surface area (Å²) < 4.78 is 1.18. The van der Waals surface area contributed by atoms with Gasteiger partial charge in [-0.1, -0.05) is 82.7 Å². The molecule has 0 bridgehead atoms. The topological polar surface area (TPSA) is 0 Å². The van der Waals surface area contributed by atoms with Gasteiger partial charge in [0.2, 0.25) is 0 Å². The minimum absolute atomic E-state index is 0.941. The Hall–Kier alpha value is -2.12. The van der Waals surface area contributed by atoms with Crippen LogP contribution in [-0.2, 0) is 6.42 Å². The van der Waals surface area contributed by atoms with Crippen molar-refractivity contribution in [3.63, 3.8) is 0 Å². The van der Waals surface area contributed by atoms with E-state index in [2.05, 4.69) is 94.8 Å². The van der Waals surface area contributed by atoms with E-state index < -0.39 is 0 Å². The zero-order chi connectivity index (χ0) is 14.9. The Bertz CT molecular complexity index is 970. The predicted molar refractivity (Wildman–Crippen MR) is 98.4 cm³/mol. The van der Waals surface area contributed by atoms with Crippen molar-refractivity contribution in [2.45, 2.75) is 6.42 Å². The lowest BCUT2D eigenvalue weighted by Crippen LogP contribution is -1.90. The van der Waals surface area contributed by atoms with Gasteiger partial charge in [0.25, 0.3) is 0 Å². The first-order chi connectivity index (χ1) is 10.8. The maximum Gasteiger partial charge on any atom is 0.0217 e. The highest BCUT2D eigenvalue weighted by atomic mass is 79.9. The summed E-state index contributed by atoms with van der Waals surface area (Å²) in [5.41, 5.74) is 2.67. The molecule has 0 spiro atoms. The third-order valence-corrected chi connectivity index (χ3v) is 4.86. The maximum atomic E-state index is 3.72. The summed E-state index contributed by atoms with van der Waals surface area (Å²) in [6, 6.07) is 28.2. The smallest absolute Gasteiger partial charge is 0.0217 e. The summed E-state index contributed by atoms with van der Waals surface area (Å²) in [5.74, 6) is 0. The molecule has 0 nitrogen and oxygen atoms in total. The molecule has 0 N–H and O–H groups in total. The van der Waals surface area contributed by atoms with Crippen molar-refractivity contribution in [3.8, 4) is 0 Å². The number of fused-ring (bicyclic) bond motifs is 2. The van der Waals surface area contributed by atoms with Crippen molar-refractivity contribution in [1.82, 2.24) is 0 Å². The molecule has 4 aromatic carbocycles. The highest BCUT2D eigenvalue weighted by Crippen LogP contribution is 2.27. The van der Waals surface area contributed by atoms with Gasteiger partial charge in [-0.05, 0) is 51.2 Å². The largest absolute Gasteiger partial charge is 0.0616 e. The minimum Gasteiger partial charge on any atom is -0.0616 e. The molecule has 0 amide bonds. The molecule has 0 saturated heterocycles. The molecule has 4 rings (SSSR count). The van der Waals surface area contributed by atoms with Gasteiger partial charge in [0.05, 0.1) is 0 Å². The SMILES string of the molecule is Brc1cc2ccccc2cc1Cc1ccc2ccccc2c1. The normalized spacial score (nSPS) is 11.1. The summed E-state index contributed by atoms with van der Waals surface area (Å²) in [6.07, 6.45) is 0.941. The van der Waals surface area contributed by atoms with E-state index in [0.29, 0.717) is 0 Å². The number of halogens is 1. The van der Waals surface area contributed by atoms with Gasteiger partial charge in [-0.3, -0.25) is 0 Å². The Balaban J connectivity index is 1.76. The monoisotopic (exact) mass is 346 g/mol. The fourth-order valence-corrected chi connectivity index (χ4v) is 3.47. The van der Waals surface area contributed by atoms with Crippen LogP contribution in [0, 0.1) is 0 Å². The first-order valence-corrected chi connectivity index (χ1v) is 8.24. The van der Waals surface area contributed by atoms with E-state index in [1.807, 2.05) is 0 Å². The summed E-state index contributed by atoms with van der Waals surface area (Å²) in [6.45, 7) is 0. The Morgan fingerprint density at radius 2 is 1.18 bits per heavy atom. The molecule has 0 heterocycles. The average Bonchev–Trinajstić information content (AvgIpc) is 2.55. The summed E-state index contributed by atoms with van der Waals surface area (Å²) in [4.78, 5) is 0. The number of rotatable bonds is 2. The van der Waals surface area contributed by atoms with Gasteiger partial charge in [-0.2, -0.15) is 0 Å². The van der Waals surface area contributed by atoms with Crippen LogP contribution in [-0.4, -0.2) is 0 Å². The van der Waals surface area contributed by atoms with Gasteiger partial charge in [0, 0.05) is 4.47 Å². The lowest BCUT2D eigenvalue weighted by atomic mass is 9.99. The van der Waals surface area contributed by atoms with Crippen LogP contribution >= 0.6 is 15.9 Å². The van der Waals surface area contributed by atoms with Crippen molar-refractivity contribution in [2.24, 2.45) is 0 Å². The van der Waals surface area contributed by atoms with E-state index in [1.165, 1.54) is 37.1 Å². The molecule has 4 aromatic rings. The number of hydrogen-bond acceptors (Lipinski definition) is 0. The molecule has 0 radical (unpaired) electrons. The molecular formula is C21H15Br. The molecule has 0 aromatic heterocycles. The Kier molecular flexibility index (Phi) is 3.44. The van der Waals surface area contributed by atoms with Crippen molar-refractivity contribution in [2.75, 3.05) is 0 Å². The number of hydrogen-bond donors (Lipinski definition) is 0. The van der Waals surface area contributed by atoms with Crippen LogP contribution in [0.15, 0.2) is 83.3 Å². The molecule has 106 valence electrons. The third kappa shape index (κ3) is 2.53. The summed E-state index contributed by atoms with van der Waals surface area (Å²) >= 11 is 3.72. The molecule has 0 aliphatic rings. The molecule has 0 aliphatic heterocycles. The quantitative estimate of drug-likeness (QED) is 0.396. The highest BCUT2D eigenvalue weighted by molar-refractivity contribution is 9.10. The van der Waals surface area contributed by atoms with Gasteiger partial charge < -0.3 is 0 Å². The lowest BCUT2D eigenvalue weighted by molar-refractivity contribution is 1.19. The van der Waals surface area contributed by atoms with Gasteiger partial charge in [0.1, 0.15) is 0 Å². The van der Waals surface area contributed by atoms with Gasteiger partial charge in [0.15, 0.2) is 0 Å². The van der Waals surface area contributed by atoms with Crippen molar-refractivity contribution in [1.29, 1.82) is 0 Å². The zero-order valence-corrected chi connectivity index (χ0v) is 13.7. The van der Waals surface area contributed by atoms with E-state index in [1.54, 1.807) is 0 Å². The van der Waals surface area contributed by atoms with Crippen LogP contribution in [0.2, 0.25) is 0 Å². The van der Waals surface area contributed by atoms with Crippen molar-refractivity contribution < 1.29 is 0 Å². The molecule has 22 heavy (non-hydrogen) atoms. The fraction of sp³-hybridized carbons (Fsp3) is 0.0476. The molecular weight excluding hydrogens is 332 g/mol. The highest BCUT2D eigenvalue weighted by Gasteiger charge is 2.05. The van der Waals surface area contributed by atoms with Crippen LogP contribution in [0.1, 0.15) is 11.1 Å². The average molecular weight is 347 g/mol. The molecule has 0 aliphatic carbocycles. The van der Waals surface area contributed by atoms with E-state index in [4.69, 9.17) is 0 Å². The first kappa shape index (κ1) is 13.5. The zero-order valence-electron chi connectivity index (χ0n) is 12.1. The van der Waals surface area contributed by atoms with Crippen LogP contribution in [0.5, 0.6) is 0 Å². The third-order valence-electron chi connectivity index (χ3n) is 4.12. The molecule has 0 unspecified atom stereocenters. The van der Waals surface area contributed by atoms with E-state index in [0.717, 1.165) is 6.42 Å². The Labute approximate surface area is 138 Å². The standard InChI is InChI=1S/C21H15Br/c22-21-14-19-8-4-3-7-18(19)13-20(21)12-15-9-10-16-5-1-2-6-17(16)11-15/h1-11,13-14H,12H2.